The Balaban J connectivity index is 1.84. The molecular formula is C14H19NO3. The molecule has 1 fully saturated rings. The minimum absolute atomic E-state index is 0.0390. The van der Waals surface area contributed by atoms with Gasteiger partial charge in [-0.25, -0.2) is 0 Å². The Hall–Kier alpha value is -1.10. The van der Waals surface area contributed by atoms with Gasteiger partial charge in [-0.2, -0.15) is 0 Å². The van der Waals surface area contributed by atoms with Gasteiger partial charge in [0.2, 0.25) is 0 Å². The molecular weight excluding hydrogens is 230 g/mol. The number of nitrogens with two attached hydrogens (primary N) is 1. The van der Waals surface area contributed by atoms with Crippen LogP contribution in [0.4, 0.5) is 0 Å². The zero-order chi connectivity index (χ0) is 12.6. The summed E-state index contributed by atoms with van der Waals surface area (Å²) >= 11 is 0. The average molecular weight is 249 g/mol. The normalized spacial score (nSPS) is 30.4. The van der Waals surface area contributed by atoms with Crippen LogP contribution < -0.4 is 10.5 Å². The van der Waals surface area contributed by atoms with Crippen LogP contribution in [0, 0.1) is 0 Å². The van der Waals surface area contributed by atoms with Crippen molar-refractivity contribution in [3.05, 3.63) is 29.3 Å². The van der Waals surface area contributed by atoms with Gasteiger partial charge in [0.25, 0.3) is 0 Å². The van der Waals surface area contributed by atoms with E-state index in [1.165, 1.54) is 11.1 Å². The van der Waals surface area contributed by atoms with Crippen LogP contribution in [0.15, 0.2) is 18.2 Å². The zero-order valence-electron chi connectivity index (χ0n) is 10.6. The summed E-state index contributed by atoms with van der Waals surface area (Å²) < 4.78 is 17.1. The van der Waals surface area contributed by atoms with Crippen molar-refractivity contribution >= 4 is 0 Å². The van der Waals surface area contributed by atoms with Gasteiger partial charge < -0.3 is 19.9 Å². The van der Waals surface area contributed by atoms with E-state index in [1.807, 2.05) is 6.07 Å². The summed E-state index contributed by atoms with van der Waals surface area (Å²) in [6.07, 6.45) is 2.72. The Morgan fingerprint density at radius 2 is 2.33 bits per heavy atom. The maximum Gasteiger partial charge on any atom is 0.173 e. The van der Waals surface area contributed by atoms with E-state index in [4.69, 9.17) is 19.9 Å². The zero-order valence-corrected chi connectivity index (χ0v) is 10.6. The number of hydrogen-bond acceptors (Lipinski definition) is 4. The molecule has 1 aliphatic heterocycles. The highest BCUT2D eigenvalue weighted by molar-refractivity contribution is 5.38. The fourth-order valence-corrected chi connectivity index (χ4v) is 2.80. The molecule has 1 aromatic rings. The first-order valence-corrected chi connectivity index (χ1v) is 6.42. The smallest absolute Gasteiger partial charge is 0.173 e. The lowest BCUT2D eigenvalue weighted by Crippen LogP contribution is -2.38. The lowest BCUT2D eigenvalue weighted by atomic mass is 9.87. The summed E-state index contributed by atoms with van der Waals surface area (Å²) in [7, 11) is 1.69. The van der Waals surface area contributed by atoms with Gasteiger partial charge in [-0.1, -0.05) is 6.07 Å². The molecule has 2 unspecified atom stereocenters. The van der Waals surface area contributed by atoms with Gasteiger partial charge in [0.1, 0.15) is 5.75 Å². The second-order valence-corrected chi connectivity index (χ2v) is 5.01. The van der Waals surface area contributed by atoms with Gasteiger partial charge in [0.05, 0.1) is 19.8 Å². The fourth-order valence-electron chi connectivity index (χ4n) is 2.80. The van der Waals surface area contributed by atoms with E-state index >= 15 is 0 Å². The maximum absolute atomic E-state index is 5.98. The molecule has 1 saturated heterocycles. The van der Waals surface area contributed by atoms with Crippen molar-refractivity contribution in [1.29, 1.82) is 0 Å². The Morgan fingerprint density at radius 3 is 3.06 bits per heavy atom. The predicted octanol–water partition coefficient (Wildman–Crippen LogP) is 1.25. The van der Waals surface area contributed by atoms with E-state index in [0.717, 1.165) is 25.0 Å². The van der Waals surface area contributed by atoms with E-state index < -0.39 is 5.79 Å². The molecule has 0 saturated carbocycles. The highest BCUT2D eigenvalue weighted by atomic mass is 16.7. The number of ether oxygens (including phenoxy) is 3. The topological polar surface area (TPSA) is 53.7 Å². The number of fused-ring (bicyclic) bond motifs is 1. The van der Waals surface area contributed by atoms with Gasteiger partial charge in [-0.3, -0.25) is 0 Å². The van der Waals surface area contributed by atoms with Gasteiger partial charge >= 0.3 is 0 Å². The second-order valence-electron chi connectivity index (χ2n) is 5.01. The van der Waals surface area contributed by atoms with Crippen molar-refractivity contribution in [2.24, 2.45) is 5.73 Å². The molecule has 0 aromatic heterocycles. The summed E-state index contributed by atoms with van der Waals surface area (Å²) in [5.74, 6) is 0.433. The molecule has 18 heavy (non-hydrogen) atoms. The largest absolute Gasteiger partial charge is 0.497 e. The summed E-state index contributed by atoms with van der Waals surface area (Å²) in [6.45, 7) is 1.13. The summed E-state index contributed by atoms with van der Waals surface area (Å²) in [5, 5.41) is 0. The molecule has 2 aliphatic rings. The number of hydrogen-bond donors (Lipinski definition) is 1. The van der Waals surface area contributed by atoms with Crippen molar-refractivity contribution in [2.75, 3.05) is 20.3 Å². The van der Waals surface area contributed by atoms with Gasteiger partial charge in [-0.15, -0.1) is 0 Å². The van der Waals surface area contributed by atoms with E-state index in [1.54, 1.807) is 7.11 Å². The minimum atomic E-state index is -0.455. The molecule has 3 rings (SSSR count). The number of rotatable bonds is 2. The van der Waals surface area contributed by atoms with Gasteiger partial charge in [-0.05, 0) is 29.7 Å². The molecule has 1 heterocycles. The molecule has 4 nitrogen and oxygen atoms in total. The molecule has 1 spiro atoms. The van der Waals surface area contributed by atoms with E-state index in [2.05, 4.69) is 12.1 Å². The molecule has 0 amide bonds. The van der Waals surface area contributed by atoms with Crippen molar-refractivity contribution in [1.82, 2.24) is 0 Å². The van der Waals surface area contributed by atoms with E-state index in [-0.39, 0.29) is 6.10 Å². The maximum atomic E-state index is 5.98. The monoisotopic (exact) mass is 249 g/mol. The van der Waals surface area contributed by atoms with Crippen LogP contribution in [-0.4, -0.2) is 32.2 Å². The summed E-state index contributed by atoms with van der Waals surface area (Å²) in [5.41, 5.74) is 8.27. The number of benzene rings is 1. The van der Waals surface area contributed by atoms with Crippen molar-refractivity contribution in [3.63, 3.8) is 0 Å². The van der Waals surface area contributed by atoms with Gasteiger partial charge in [0.15, 0.2) is 5.79 Å². The molecule has 2 atom stereocenters. The van der Waals surface area contributed by atoms with Crippen LogP contribution in [0.1, 0.15) is 17.5 Å². The first-order valence-electron chi connectivity index (χ1n) is 6.42. The Bertz CT molecular complexity index is 449. The molecule has 0 bridgehead atoms. The van der Waals surface area contributed by atoms with E-state index in [9.17, 15) is 0 Å². The third kappa shape index (κ3) is 2.00. The van der Waals surface area contributed by atoms with Crippen LogP contribution >= 0.6 is 0 Å². The lowest BCUT2D eigenvalue weighted by molar-refractivity contribution is -0.173. The van der Waals surface area contributed by atoms with Crippen molar-refractivity contribution in [2.45, 2.75) is 31.2 Å². The molecule has 1 aliphatic carbocycles. The number of aryl methyl sites for hydroxylation is 1. The highest BCUT2D eigenvalue weighted by Gasteiger charge is 2.43. The lowest BCUT2D eigenvalue weighted by Gasteiger charge is -2.33. The quantitative estimate of drug-likeness (QED) is 0.857. The summed E-state index contributed by atoms with van der Waals surface area (Å²) in [6, 6.07) is 6.23. The van der Waals surface area contributed by atoms with Crippen LogP contribution in [0.5, 0.6) is 5.75 Å². The molecule has 1 aromatic carbocycles. The third-order valence-corrected chi connectivity index (χ3v) is 3.83. The second kappa shape index (κ2) is 4.53. The Labute approximate surface area is 107 Å². The standard InChI is InChI=1S/C14H19NO3/c1-16-12-3-2-10-4-5-14(7-11(10)6-12)17-9-13(8-15)18-14/h2-3,6,13H,4-5,7-9,15H2,1H3. The van der Waals surface area contributed by atoms with Gasteiger partial charge in [0, 0.05) is 19.4 Å². The Morgan fingerprint density at radius 1 is 1.44 bits per heavy atom. The van der Waals surface area contributed by atoms with E-state index in [0.29, 0.717) is 13.2 Å². The summed E-state index contributed by atoms with van der Waals surface area (Å²) in [4.78, 5) is 0. The molecule has 98 valence electrons. The first-order chi connectivity index (χ1) is 8.74. The van der Waals surface area contributed by atoms with Crippen molar-refractivity contribution in [3.8, 4) is 5.75 Å². The fraction of sp³-hybridized carbons (Fsp3) is 0.571. The van der Waals surface area contributed by atoms with Crippen molar-refractivity contribution < 1.29 is 14.2 Å². The Kier molecular flexibility index (Phi) is 3.01. The minimum Gasteiger partial charge on any atom is -0.497 e. The number of methoxy groups -OCH3 is 1. The molecule has 4 heteroatoms. The molecule has 2 N–H and O–H groups in total. The first kappa shape index (κ1) is 12.0. The molecule has 0 radical (unpaired) electrons. The average Bonchev–Trinajstić information content (AvgIpc) is 2.81. The predicted molar refractivity (Wildman–Crippen MR) is 67.6 cm³/mol. The third-order valence-electron chi connectivity index (χ3n) is 3.83. The van der Waals surface area contributed by atoms with Crippen LogP contribution in [0.2, 0.25) is 0 Å². The highest BCUT2D eigenvalue weighted by Crippen LogP contribution is 2.38. The van der Waals surface area contributed by atoms with Crippen LogP contribution in [-0.2, 0) is 22.3 Å². The van der Waals surface area contributed by atoms with Crippen LogP contribution in [0.25, 0.3) is 0 Å². The SMILES string of the molecule is COc1ccc2c(c1)CC1(CC2)OCC(CN)O1. The van der Waals surface area contributed by atoms with Crippen LogP contribution in [0.3, 0.4) is 0 Å².